The molecule has 0 fully saturated rings. The number of methoxy groups -OCH3 is 1. The summed E-state index contributed by atoms with van der Waals surface area (Å²) in [6, 6.07) is 9.98. The lowest BCUT2D eigenvalue weighted by Crippen LogP contribution is -1.81. The predicted molar refractivity (Wildman–Crippen MR) is 74.1 cm³/mol. The Morgan fingerprint density at radius 3 is 2.78 bits per heavy atom. The van der Waals surface area contributed by atoms with Crippen LogP contribution >= 0.6 is 11.3 Å². The van der Waals surface area contributed by atoms with E-state index in [1.807, 2.05) is 37.4 Å². The van der Waals surface area contributed by atoms with Crippen LogP contribution in [0.3, 0.4) is 0 Å². The third-order valence-corrected chi connectivity index (χ3v) is 3.82. The Morgan fingerprint density at radius 2 is 2.06 bits per heavy atom. The molecule has 3 rings (SSSR count). The standard InChI is InChI=1S/C14H12N2OS/c1-9-3-4-10(8-15-9)14-16-12-6-5-11(17-2)7-13(12)18-14/h3-8H,1-2H3. The first-order valence-electron chi connectivity index (χ1n) is 5.64. The van der Waals surface area contributed by atoms with E-state index in [1.54, 1.807) is 18.4 Å². The van der Waals surface area contributed by atoms with Gasteiger partial charge in [0.05, 0.1) is 17.3 Å². The average Bonchev–Trinajstić information content (AvgIpc) is 2.82. The summed E-state index contributed by atoms with van der Waals surface area (Å²) >= 11 is 1.65. The monoisotopic (exact) mass is 256 g/mol. The summed E-state index contributed by atoms with van der Waals surface area (Å²) in [7, 11) is 1.67. The molecule has 0 saturated carbocycles. The van der Waals surface area contributed by atoms with E-state index in [0.717, 1.165) is 32.2 Å². The third-order valence-electron chi connectivity index (χ3n) is 2.75. The lowest BCUT2D eigenvalue weighted by atomic mass is 10.2. The maximum absolute atomic E-state index is 5.22. The first-order chi connectivity index (χ1) is 8.76. The largest absolute Gasteiger partial charge is 0.497 e. The second-order valence-corrected chi connectivity index (χ2v) is 5.07. The Balaban J connectivity index is 2.10. The Labute approximate surface area is 109 Å². The molecular weight excluding hydrogens is 244 g/mol. The van der Waals surface area contributed by atoms with Crippen molar-refractivity contribution < 1.29 is 4.74 Å². The number of nitrogens with zero attached hydrogens (tertiary/aromatic N) is 2. The molecule has 0 N–H and O–H groups in total. The average molecular weight is 256 g/mol. The van der Waals surface area contributed by atoms with Gasteiger partial charge in [0.15, 0.2) is 0 Å². The molecule has 0 amide bonds. The first-order valence-corrected chi connectivity index (χ1v) is 6.45. The highest BCUT2D eigenvalue weighted by Crippen LogP contribution is 2.31. The van der Waals surface area contributed by atoms with Crippen molar-refractivity contribution in [2.24, 2.45) is 0 Å². The SMILES string of the molecule is COc1ccc2nc(-c3ccc(C)nc3)sc2c1. The van der Waals surface area contributed by atoms with E-state index >= 15 is 0 Å². The van der Waals surface area contributed by atoms with E-state index in [1.165, 1.54) is 0 Å². The van der Waals surface area contributed by atoms with Gasteiger partial charge in [-0.15, -0.1) is 11.3 Å². The smallest absolute Gasteiger partial charge is 0.126 e. The number of ether oxygens (including phenoxy) is 1. The van der Waals surface area contributed by atoms with Gasteiger partial charge in [0.2, 0.25) is 0 Å². The highest BCUT2D eigenvalue weighted by molar-refractivity contribution is 7.21. The molecule has 0 aliphatic heterocycles. The molecule has 0 saturated heterocycles. The van der Waals surface area contributed by atoms with Crippen molar-refractivity contribution in [1.82, 2.24) is 9.97 Å². The summed E-state index contributed by atoms with van der Waals surface area (Å²) in [5.41, 5.74) is 3.07. The van der Waals surface area contributed by atoms with Crippen LogP contribution in [0.5, 0.6) is 5.75 Å². The second-order valence-electron chi connectivity index (χ2n) is 4.04. The van der Waals surface area contributed by atoms with E-state index in [4.69, 9.17) is 4.74 Å². The van der Waals surface area contributed by atoms with Crippen molar-refractivity contribution in [3.63, 3.8) is 0 Å². The predicted octanol–water partition coefficient (Wildman–Crippen LogP) is 3.68. The molecule has 0 spiro atoms. The number of pyridine rings is 1. The summed E-state index contributed by atoms with van der Waals surface area (Å²) in [4.78, 5) is 8.91. The van der Waals surface area contributed by atoms with Crippen LogP contribution in [0.15, 0.2) is 36.5 Å². The minimum atomic E-state index is 0.861. The maximum Gasteiger partial charge on any atom is 0.126 e. The van der Waals surface area contributed by atoms with Gasteiger partial charge in [0.25, 0.3) is 0 Å². The zero-order valence-corrected chi connectivity index (χ0v) is 11.0. The van der Waals surface area contributed by atoms with E-state index < -0.39 is 0 Å². The number of benzene rings is 1. The Bertz CT molecular complexity index is 689. The van der Waals surface area contributed by atoms with Crippen molar-refractivity contribution >= 4 is 21.6 Å². The van der Waals surface area contributed by atoms with Crippen molar-refractivity contribution in [2.75, 3.05) is 7.11 Å². The molecule has 18 heavy (non-hydrogen) atoms. The van der Waals surface area contributed by atoms with Crippen LogP contribution in [0.25, 0.3) is 20.8 Å². The van der Waals surface area contributed by atoms with Crippen LogP contribution in [-0.2, 0) is 0 Å². The summed E-state index contributed by atoms with van der Waals surface area (Å²) in [5, 5.41) is 0.991. The van der Waals surface area contributed by atoms with Gasteiger partial charge in [-0.3, -0.25) is 4.98 Å². The molecule has 0 aliphatic rings. The molecular formula is C14H12N2OS. The fourth-order valence-electron chi connectivity index (χ4n) is 1.75. The Kier molecular flexibility index (Phi) is 2.72. The number of hydrogen-bond donors (Lipinski definition) is 0. The molecule has 0 atom stereocenters. The number of hydrogen-bond acceptors (Lipinski definition) is 4. The first kappa shape index (κ1) is 11.2. The second kappa shape index (κ2) is 4.38. The molecule has 0 bridgehead atoms. The third kappa shape index (κ3) is 1.95. The molecule has 3 aromatic rings. The zero-order valence-electron chi connectivity index (χ0n) is 10.2. The van der Waals surface area contributed by atoms with Gasteiger partial charge in [0, 0.05) is 17.5 Å². The van der Waals surface area contributed by atoms with Crippen LogP contribution in [-0.4, -0.2) is 17.1 Å². The number of aromatic nitrogens is 2. The molecule has 90 valence electrons. The molecule has 3 nitrogen and oxygen atoms in total. The highest BCUT2D eigenvalue weighted by atomic mass is 32.1. The van der Waals surface area contributed by atoms with Gasteiger partial charge in [-0.1, -0.05) is 0 Å². The molecule has 4 heteroatoms. The van der Waals surface area contributed by atoms with Crippen LogP contribution in [0.1, 0.15) is 5.69 Å². The molecule has 0 radical (unpaired) electrons. The normalized spacial score (nSPS) is 10.8. The molecule has 2 heterocycles. The lowest BCUT2D eigenvalue weighted by molar-refractivity contribution is 0.415. The van der Waals surface area contributed by atoms with E-state index in [2.05, 4.69) is 16.0 Å². The van der Waals surface area contributed by atoms with Gasteiger partial charge in [-0.2, -0.15) is 0 Å². The van der Waals surface area contributed by atoms with Crippen LogP contribution in [0.4, 0.5) is 0 Å². The highest BCUT2D eigenvalue weighted by Gasteiger charge is 2.07. The zero-order chi connectivity index (χ0) is 12.5. The van der Waals surface area contributed by atoms with Gasteiger partial charge in [-0.25, -0.2) is 4.98 Å². The molecule has 0 unspecified atom stereocenters. The fourth-order valence-corrected chi connectivity index (χ4v) is 2.73. The van der Waals surface area contributed by atoms with Crippen molar-refractivity contribution in [3.05, 3.63) is 42.2 Å². The van der Waals surface area contributed by atoms with Crippen LogP contribution < -0.4 is 4.74 Å². The summed E-state index contributed by atoms with van der Waals surface area (Å²) in [5.74, 6) is 0.861. The number of aryl methyl sites for hydroxylation is 1. The van der Waals surface area contributed by atoms with Gasteiger partial charge < -0.3 is 4.74 Å². The van der Waals surface area contributed by atoms with Gasteiger partial charge in [0.1, 0.15) is 10.8 Å². The number of fused-ring (bicyclic) bond motifs is 1. The topological polar surface area (TPSA) is 35.0 Å². The van der Waals surface area contributed by atoms with Gasteiger partial charge >= 0.3 is 0 Å². The van der Waals surface area contributed by atoms with E-state index in [-0.39, 0.29) is 0 Å². The van der Waals surface area contributed by atoms with Crippen molar-refractivity contribution in [1.29, 1.82) is 0 Å². The Morgan fingerprint density at radius 1 is 1.17 bits per heavy atom. The minimum Gasteiger partial charge on any atom is -0.497 e. The molecule has 1 aromatic carbocycles. The lowest BCUT2D eigenvalue weighted by Gasteiger charge is -1.96. The molecule has 0 aliphatic carbocycles. The maximum atomic E-state index is 5.22. The Hall–Kier alpha value is -1.94. The van der Waals surface area contributed by atoms with Crippen molar-refractivity contribution in [3.8, 4) is 16.3 Å². The number of thiazole rings is 1. The van der Waals surface area contributed by atoms with Crippen molar-refractivity contribution in [2.45, 2.75) is 6.92 Å². The fraction of sp³-hybridized carbons (Fsp3) is 0.143. The van der Waals surface area contributed by atoms with E-state index in [9.17, 15) is 0 Å². The summed E-state index contributed by atoms with van der Waals surface area (Å²) < 4.78 is 6.35. The summed E-state index contributed by atoms with van der Waals surface area (Å²) in [6.45, 7) is 1.98. The summed E-state index contributed by atoms with van der Waals surface area (Å²) in [6.07, 6.45) is 1.87. The molecule has 2 aromatic heterocycles. The van der Waals surface area contributed by atoms with Crippen LogP contribution in [0, 0.1) is 6.92 Å². The number of rotatable bonds is 2. The minimum absolute atomic E-state index is 0.861. The van der Waals surface area contributed by atoms with Crippen LogP contribution in [0.2, 0.25) is 0 Å². The quantitative estimate of drug-likeness (QED) is 0.701. The van der Waals surface area contributed by atoms with Gasteiger partial charge in [-0.05, 0) is 37.3 Å². The van der Waals surface area contributed by atoms with E-state index in [0.29, 0.717) is 0 Å².